The number of aryl methyl sites for hydroxylation is 1. The highest BCUT2D eigenvalue weighted by Gasteiger charge is 2.60. The Bertz CT molecular complexity index is 1220. The smallest absolute Gasteiger partial charge is 0.261 e. The van der Waals surface area contributed by atoms with Gasteiger partial charge in [0.2, 0.25) is 5.91 Å². The van der Waals surface area contributed by atoms with E-state index in [4.69, 9.17) is 5.73 Å². The van der Waals surface area contributed by atoms with Crippen LogP contribution >= 0.6 is 0 Å². The number of pyridine rings is 1. The minimum Gasteiger partial charge on any atom is -0.508 e. The molecule has 0 bridgehead atoms. The monoisotopic (exact) mass is 468 g/mol. The molecule has 1 aliphatic carbocycles. The van der Waals surface area contributed by atoms with E-state index in [-0.39, 0.29) is 23.8 Å². The number of primary amides is 1. The molecule has 2 aromatic rings. The predicted molar refractivity (Wildman–Crippen MR) is 127 cm³/mol. The molecule has 0 saturated carbocycles. The number of likely N-dealkylation sites (N-methyl/N-ethyl adjacent to an activating group) is 1. The zero-order chi connectivity index (χ0) is 25.0. The Balaban J connectivity index is 1.85. The second-order valence-corrected chi connectivity index (χ2v) is 9.88. The Morgan fingerprint density at radius 2 is 2.00 bits per heavy atom. The minimum absolute atomic E-state index is 0.124. The van der Waals surface area contributed by atoms with Crippen LogP contribution in [0.25, 0.3) is 0 Å². The number of fused-ring (bicyclic) bond motifs is 2. The fraction of sp³-hybridized carbons (Fsp3) is 0.480. The van der Waals surface area contributed by atoms with Gasteiger partial charge in [-0.3, -0.25) is 14.4 Å². The number of hydrogen-bond donors (Lipinski definition) is 5. The molecule has 1 aliphatic heterocycles. The van der Waals surface area contributed by atoms with Crippen LogP contribution in [0.4, 0.5) is 0 Å². The lowest BCUT2D eigenvalue weighted by atomic mass is 9.53. The van der Waals surface area contributed by atoms with Gasteiger partial charge in [0.25, 0.3) is 11.5 Å². The number of piperidine rings is 1. The first-order valence-electron chi connectivity index (χ1n) is 11.5. The first-order chi connectivity index (χ1) is 15.9. The number of aliphatic hydroxyl groups is 1. The van der Waals surface area contributed by atoms with Crippen molar-refractivity contribution < 1.29 is 19.8 Å². The predicted octanol–water partition coefficient (Wildman–Crippen LogP) is 0.484. The third-order valence-electron chi connectivity index (χ3n) is 7.98. The summed E-state index contributed by atoms with van der Waals surface area (Å²) >= 11 is 0. The number of rotatable bonds is 4. The molecule has 1 aromatic heterocycles. The maximum Gasteiger partial charge on any atom is 0.261 e. The van der Waals surface area contributed by atoms with Crippen molar-refractivity contribution >= 4 is 11.8 Å². The molecule has 4 rings (SSSR count). The van der Waals surface area contributed by atoms with Crippen LogP contribution < -0.4 is 16.6 Å². The Labute approximate surface area is 198 Å². The number of aromatic amines is 1. The molecule has 9 nitrogen and oxygen atoms in total. The number of likely N-dealkylation sites (tertiary alicyclic amines) is 1. The number of amides is 2. The molecule has 0 unspecified atom stereocenters. The molecule has 1 saturated heterocycles. The number of aromatic hydroxyl groups is 1. The fourth-order valence-electron chi connectivity index (χ4n) is 5.72. The molecule has 1 fully saturated rings. The highest BCUT2D eigenvalue weighted by atomic mass is 16.3. The molecule has 2 amide bonds. The molecule has 2 aliphatic rings. The topological polar surface area (TPSA) is 149 Å². The molecule has 4 atom stereocenters. The summed E-state index contributed by atoms with van der Waals surface area (Å²) in [4.78, 5) is 41.8. The zero-order valence-corrected chi connectivity index (χ0v) is 19.9. The molecule has 182 valence electrons. The molecule has 1 aromatic carbocycles. The van der Waals surface area contributed by atoms with E-state index < -0.39 is 34.4 Å². The Morgan fingerprint density at radius 3 is 2.68 bits per heavy atom. The number of nitrogens with zero attached hydrogens (tertiary/aromatic N) is 1. The van der Waals surface area contributed by atoms with Crippen LogP contribution in [0, 0.1) is 6.92 Å². The van der Waals surface area contributed by atoms with Crippen LogP contribution in [0.2, 0.25) is 0 Å². The van der Waals surface area contributed by atoms with Crippen molar-refractivity contribution in [1.29, 1.82) is 0 Å². The first kappa shape index (κ1) is 24.0. The highest BCUT2D eigenvalue weighted by molar-refractivity contribution is 5.97. The first-order valence-corrected chi connectivity index (χ1v) is 11.5. The lowest BCUT2D eigenvalue weighted by molar-refractivity contribution is -0.132. The van der Waals surface area contributed by atoms with Gasteiger partial charge in [-0.2, -0.15) is 0 Å². The number of phenolic OH excluding ortho intramolecular Hbond substituents is 1. The van der Waals surface area contributed by atoms with Crippen LogP contribution in [0.5, 0.6) is 5.75 Å². The lowest BCUT2D eigenvalue weighted by Gasteiger charge is -2.59. The quantitative estimate of drug-likeness (QED) is 0.441. The van der Waals surface area contributed by atoms with E-state index >= 15 is 0 Å². The highest BCUT2D eigenvalue weighted by Crippen LogP contribution is 2.53. The summed E-state index contributed by atoms with van der Waals surface area (Å²) in [5.74, 6) is -1.28. The van der Waals surface area contributed by atoms with E-state index in [9.17, 15) is 24.6 Å². The van der Waals surface area contributed by atoms with E-state index in [2.05, 4.69) is 15.2 Å². The molecule has 9 heteroatoms. The summed E-state index contributed by atoms with van der Waals surface area (Å²) < 4.78 is 0. The second kappa shape index (κ2) is 8.25. The summed E-state index contributed by atoms with van der Waals surface area (Å²) in [5.41, 5.74) is 5.72. The molecular formula is C25H32N4O5. The van der Waals surface area contributed by atoms with Crippen molar-refractivity contribution in [2.24, 2.45) is 5.73 Å². The third-order valence-corrected chi connectivity index (χ3v) is 7.98. The van der Waals surface area contributed by atoms with Crippen molar-refractivity contribution in [2.45, 2.75) is 63.1 Å². The van der Waals surface area contributed by atoms with Gasteiger partial charge in [0.15, 0.2) is 0 Å². The van der Waals surface area contributed by atoms with E-state index in [1.54, 1.807) is 12.1 Å². The second-order valence-electron chi connectivity index (χ2n) is 9.88. The number of carbonyl (C=O) groups excluding carboxylic acids is 2. The van der Waals surface area contributed by atoms with Crippen molar-refractivity contribution in [3.8, 4) is 5.75 Å². The Hall–Kier alpha value is -3.17. The van der Waals surface area contributed by atoms with Crippen molar-refractivity contribution in [1.82, 2.24) is 15.2 Å². The summed E-state index contributed by atoms with van der Waals surface area (Å²) in [5, 5.41) is 25.1. The Morgan fingerprint density at radius 1 is 1.29 bits per heavy atom. The van der Waals surface area contributed by atoms with E-state index in [1.807, 2.05) is 27.0 Å². The number of aromatic nitrogens is 1. The molecule has 0 spiro atoms. The molecule has 0 radical (unpaired) electrons. The molecule has 2 heterocycles. The number of hydrogen-bond acceptors (Lipinski definition) is 6. The van der Waals surface area contributed by atoms with Gasteiger partial charge in [-0.25, -0.2) is 0 Å². The zero-order valence-electron chi connectivity index (χ0n) is 19.9. The average molecular weight is 469 g/mol. The number of carbonyl (C=O) groups is 2. The summed E-state index contributed by atoms with van der Waals surface area (Å²) in [6.07, 6.45) is 1.20. The van der Waals surface area contributed by atoms with Crippen LogP contribution in [0.1, 0.15) is 53.0 Å². The standard InChI is InChI=1S/C25H32N4O5/c1-13-5-6-17(30)10-19(13)24-7-8-29(4)15(3)25(24,34)11-16-9-18(23(33)28-20(16)12-24)22(32)27-14(2)21(26)31/h5-6,9-10,14-15,30,34H,7-8,11-12H2,1-4H3,(H2,26,31)(H,27,32)(H,28,33)/t14-,15+,24+,25+/m0/s1. The maximum atomic E-state index is 12.9. The molecular weight excluding hydrogens is 436 g/mol. The van der Waals surface area contributed by atoms with E-state index in [0.717, 1.165) is 17.7 Å². The van der Waals surface area contributed by atoms with Gasteiger partial charge in [0.05, 0.1) is 5.60 Å². The van der Waals surface area contributed by atoms with Gasteiger partial charge in [-0.05, 0) is 75.7 Å². The number of phenols is 1. The van der Waals surface area contributed by atoms with Crippen LogP contribution in [-0.4, -0.2) is 63.2 Å². The van der Waals surface area contributed by atoms with Crippen LogP contribution in [-0.2, 0) is 23.1 Å². The largest absolute Gasteiger partial charge is 0.508 e. The van der Waals surface area contributed by atoms with Gasteiger partial charge < -0.3 is 31.1 Å². The maximum absolute atomic E-state index is 12.9. The van der Waals surface area contributed by atoms with E-state index in [0.29, 0.717) is 24.1 Å². The average Bonchev–Trinajstić information content (AvgIpc) is 2.77. The number of H-pyrrole nitrogens is 1. The SMILES string of the molecule is Cc1ccc(O)cc1[C@]12CCN(C)[C@H](C)[C@]1(O)Cc1cc(C(=O)N[C@@H](C)C(N)=O)c(=O)[nH]c1C2. The lowest BCUT2D eigenvalue weighted by Crippen LogP contribution is -2.70. The van der Waals surface area contributed by atoms with Gasteiger partial charge in [0.1, 0.15) is 17.4 Å². The third kappa shape index (κ3) is 3.59. The normalized spacial score (nSPS) is 27.4. The summed E-state index contributed by atoms with van der Waals surface area (Å²) in [6.45, 7) is 6.12. The molecule has 6 N–H and O–H groups in total. The van der Waals surface area contributed by atoms with Crippen molar-refractivity contribution in [3.63, 3.8) is 0 Å². The number of nitrogens with one attached hydrogen (secondary N) is 2. The van der Waals surface area contributed by atoms with Gasteiger partial charge >= 0.3 is 0 Å². The van der Waals surface area contributed by atoms with Crippen molar-refractivity contribution in [2.75, 3.05) is 13.6 Å². The van der Waals surface area contributed by atoms with Gasteiger partial charge in [-0.1, -0.05) is 6.07 Å². The van der Waals surface area contributed by atoms with Crippen LogP contribution in [0.15, 0.2) is 29.1 Å². The fourth-order valence-corrected chi connectivity index (χ4v) is 5.72. The summed E-state index contributed by atoms with van der Waals surface area (Å²) in [6, 6.07) is 5.54. The minimum atomic E-state index is -1.22. The van der Waals surface area contributed by atoms with Gasteiger partial charge in [-0.15, -0.1) is 0 Å². The Kier molecular flexibility index (Phi) is 5.81. The molecule has 34 heavy (non-hydrogen) atoms. The number of benzene rings is 1. The van der Waals surface area contributed by atoms with Gasteiger partial charge in [0, 0.05) is 30.0 Å². The van der Waals surface area contributed by atoms with E-state index in [1.165, 1.54) is 13.0 Å². The van der Waals surface area contributed by atoms with Crippen molar-refractivity contribution in [3.05, 3.63) is 62.6 Å². The summed E-state index contributed by atoms with van der Waals surface area (Å²) in [7, 11) is 1.97. The number of nitrogens with two attached hydrogens (primary N) is 1. The van der Waals surface area contributed by atoms with Crippen LogP contribution in [0.3, 0.4) is 0 Å².